The van der Waals surface area contributed by atoms with E-state index < -0.39 is 17.2 Å². The van der Waals surface area contributed by atoms with Gasteiger partial charge in [-0.1, -0.05) is 24.3 Å². The minimum Gasteiger partial charge on any atom is -0.366 e. The second kappa shape index (κ2) is 10.6. The molecule has 3 aromatic rings. The third kappa shape index (κ3) is 4.59. The number of nitrogens with two attached hydrogens (primary N) is 2. The number of tetrazole rings is 1. The molecule has 216 valence electrons. The Kier molecular flexibility index (Phi) is 6.98. The third-order valence-corrected chi connectivity index (χ3v) is 9.22. The summed E-state index contributed by atoms with van der Waals surface area (Å²) in [5.41, 5.74) is 14.8. The largest absolute Gasteiger partial charge is 0.366 e. The normalized spacial score (nSPS) is 22.2. The molecule has 2 aromatic carbocycles. The zero-order valence-electron chi connectivity index (χ0n) is 23.3. The first-order valence-corrected chi connectivity index (χ1v) is 14.3. The van der Waals surface area contributed by atoms with Crippen molar-refractivity contribution in [1.82, 2.24) is 30.8 Å². The number of aryl methyl sites for hydroxylation is 2. The Bertz CT molecular complexity index is 1530. The van der Waals surface area contributed by atoms with Crippen molar-refractivity contribution in [1.29, 1.82) is 5.26 Å². The van der Waals surface area contributed by atoms with Gasteiger partial charge in [0.1, 0.15) is 6.04 Å². The SMILES string of the molecule is CC[C@H](CC1(c2nn[nH]n2)c2ccc(C(N)=O)cc2CCc2cc(C(N)=O)ccc21)NCC(=O)N1[C@H](C#N)C[C@@H]2C[C@@H]21. The van der Waals surface area contributed by atoms with Crippen molar-refractivity contribution in [2.45, 2.75) is 69.0 Å². The van der Waals surface area contributed by atoms with Gasteiger partial charge in [0.05, 0.1) is 18.0 Å². The lowest BCUT2D eigenvalue weighted by atomic mass is 9.67. The molecule has 12 nitrogen and oxygen atoms in total. The molecule has 0 radical (unpaired) electrons. The summed E-state index contributed by atoms with van der Waals surface area (Å²) in [5.74, 6) is -0.248. The summed E-state index contributed by atoms with van der Waals surface area (Å²) in [7, 11) is 0. The summed E-state index contributed by atoms with van der Waals surface area (Å²) >= 11 is 0. The van der Waals surface area contributed by atoms with Crippen molar-refractivity contribution in [3.05, 3.63) is 75.6 Å². The van der Waals surface area contributed by atoms with E-state index in [0.29, 0.717) is 48.6 Å². The van der Waals surface area contributed by atoms with E-state index in [1.807, 2.05) is 31.2 Å². The molecule has 1 saturated carbocycles. The number of carbonyl (C=O) groups excluding carboxylic acids is 3. The Labute approximate surface area is 242 Å². The van der Waals surface area contributed by atoms with E-state index >= 15 is 0 Å². The number of hydrogen-bond donors (Lipinski definition) is 4. The van der Waals surface area contributed by atoms with Gasteiger partial charge in [-0.15, -0.1) is 10.2 Å². The Morgan fingerprint density at radius 1 is 1.10 bits per heavy atom. The summed E-state index contributed by atoms with van der Waals surface area (Å²) in [6.07, 6.45) is 4.03. The first-order chi connectivity index (χ1) is 20.3. The summed E-state index contributed by atoms with van der Waals surface area (Å²) in [5, 5.41) is 28.5. The molecule has 0 spiro atoms. The number of rotatable bonds is 9. The fourth-order valence-corrected chi connectivity index (χ4v) is 7.03. The minimum absolute atomic E-state index is 0.0718. The van der Waals surface area contributed by atoms with E-state index in [4.69, 9.17) is 11.5 Å². The van der Waals surface area contributed by atoms with Crippen LogP contribution in [0.3, 0.4) is 0 Å². The van der Waals surface area contributed by atoms with Crippen molar-refractivity contribution in [3.63, 3.8) is 0 Å². The van der Waals surface area contributed by atoms with Gasteiger partial charge in [0.25, 0.3) is 0 Å². The van der Waals surface area contributed by atoms with E-state index in [1.165, 1.54) is 0 Å². The van der Waals surface area contributed by atoms with Crippen LogP contribution >= 0.6 is 0 Å². The highest BCUT2D eigenvalue weighted by Gasteiger charge is 2.54. The Morgan fingerprint density at radius 3 is 2.26 bits per heavy atom. The molecule has 6 N–H and O–H groups in total. The second-order valence-electron chi connectivity index (χ2n) is 11.5. The van der Waals surface area contributed by atoms with Gasteiger partial charge in [-0.3, -0.25) is 14.4 Å². The van der Waals surface area contributed by atoms with Gasteiger partial charge >= 0.3 is 0 Å². The van der Waals surface area contributed by atoms with E-state index in [2.05, 4.69) is 32.0 Å². The maximum absolute atomic E-state index is 13.3. The lowest BCUT2D eigenvalue weighted by Crippen LogP contribution is -2.47. The fraction of sp³-hybridized carbons (Fsp3) is 0.433. The summed E-state index contributed by atoms with van der Waals surface area (Å²) in [6, 6.07) is 12.8. The monoisotopic (exact) mass is 567 g/mol. The molecule has 12 heteroatoms. The molecule has 2 aliphatic carbocycles. The first kappa shape index (κ1) is 27.5. The quantitative estimate of drug-likeness (QED) is 0.295. The molecule has 1 saturated heterocycles. The lowest BCUT2D eigenvalue weighted by Gasteiger charge is -2.37. The van der Waals surface area contributed by atoms with Crippen LogP contribution in [-0.4, -0.2) is 67.9 Å². The number of aromatic amines is 1. The van der Waals surface area contributed by atoms with Gasteiger partial charge in [-0.25, -0.2) is 0 Å². The highest BCUT2D eigenvalue weighted by molar-refractivity contribution is 5.94. The number of nitrogens with one attached hydrogen (secondary N) is 2. The van der Waals surface area contributed by atoms with Gasteiger partial charge in [0, 0.05) is 23.2 Å². The van der Waals surface area contributed by atoms with Gasteiger partial charge < -0.3 is 21.7 Å². The Balaban J connectivity index is 1.42. The van der Waals surface area contributed by atoms with Crippen LogP contribution in [0.1, 0.15) is 81.4 Å². The van der Waals surface area contributed by atoms with Crippen molar-refractivity contribution in [3.8, 4) is 6.07 Å². The van der Waals surface area contributed by atoms with E-state index in [-0.39, 0.29) is 30.6 Å². The highest BCUT2D eigenvalue weighted by Crippen LogP contribution is 2.48. The standard InChI is InChI=1S/C30H33N9O3/c1-2-21(34-15-26(40)39-22(14-31)11-20-12-25(20)39)13-30(29-35-37-38-36-29)23-7-5-18(27(32)41)9-16(23)3-4-17-10-19(28(33)42)6-8-24(17)30/h5-10,20-22,25,34H,2-4,11-13,15H2,1H3,(H2,32,41)(H2,33,42)(H,35,36,37,38)/t20-,21-,22+,25+/m1/s1. The van der Waals surface area contributed by atoms with Crippen molar-refractivity contribution < 1.29 is 14.4 Å². The molecule has 0 unspecified atom stereocenters. The van der Waals surface area contributed by atoms with Crippen LogP contribution in [-0.2, 0) is 23.1 Å². The number of aromatic nitrogens is 4. The predicted octanol–water partition coefficient (Wildman–Crippen LogP) is 1.10. The minimum atomic E-state index is -0.943. The molecule has 42 heavy (non-hydrogen) atoms. The number of nitrogens with zero attached hydrogens (tertiary/aromatic N) is 5. The fourth-order valence-electron chi connectivity index (χ4n) is 7.03. The van der Waals surface area contributed by atoms with Crippen LogP contribution in [0.2, 0.25) is 0 Å². The molecule has 3 aliphatic rings. The molecule has 3 amide bonds. The molecule has 0 bridgehead atoms. The smallest absolute Gasteiger partial charge is 0.248 e. The lowest BCUT2D eigenvalue weighted by molar-refractivity contribution is -0.131. The van der Waals surface area contributed by atoms with Crippen LogP contribution < -0.4 is 16.8 Å². The van der Waals surface area contributed by atoms with E-state index in [0.717, 1.165) is 35.1 Å². The van der Waals surface area contributed by atoms with Gasteiger partial charge in [-0.05, 0) is 91.0 Å². The summed E-state index contributed by atoms with van der Waals surface area (Å²) in [6.45, 7) is 2.14. The summed E-state index contributed by atoms with van der Waals surface area (Å²) in [4.78, 5) is 39.3. The Hall–Kier alpha value is -4.63. The number of nitriles is 1. The van der Waals surface area contributed by atoms with Crippen molar-refractivity contribution >= 4 is 17.7 Å². The molecule has 2 heterocycles. The Morgan fingerprint density at radius 2 is 1.74 bits per heavy atom. The number of hydrogen-bond acceptors (Lipinski definition) is 8. The molecular weight excluding hydrogens is 534 g/mol. The zero-order chi connectivity index (χ0) is 29.6. The summed E-state index contributed by atoms with van der Waals surface area (Å²) < 4.78 is 0. The van der Waals surface area contributed by atoms with E-state index in [1.54, 1.807) is 17.0 Å². The number of primary amides is 2. The number of benzene rings is 2. The van der Waals surface area contributed by atoms with Crippen LogP contribution in [0.15, 0.2) is 36.4 Å². The van der Waals surface area contributed by atoms with Crippen LogP contribution in [0.5, 0.6) is 0 Å². The molecule has 4 atom stereocenters. The maximum atomic E-state index is 13.3. The number of fused-ring (bicyclic) bond motifs is 3. The number of H-pyrrole nitrogens is 1. The first-order valence-electron chi connectivity index (χ1n) is 14.3. The van der Waals surface area contributed by atoms with Gasteiger partial charge in [0.15, 0.2) is 5.82 Å². The predicted molar refractivity (Wildman–Crippen MR) is 151 cm³/mol. The topological polar surface area (TPSA) is 197 Å². The maximum Gasteiger partial charge on any atom is 0.248 e. The molecular formula is C30H33N9O3. The number of likely N-dealkylation sites (tertiary alicyclic amines) is 1. The van der Waals surface area contributed by atoms with Crippen LogP contribution in [0.4, 0.5) is 0 Å². The average Bonchev–Trinajstić information content (AvgIpc) is 3.37. The van der Waals surface area contributed by atoms with Crippen LogP contribution in [0.25, 0.3) is 0 Å². The second-order valence-corrected chi connectivity index (χ2v) is 11.5. The molecule has 6 rings (SSSR count). The zero-order valence-corrected chi connectivity index (χ0v) is 23.3. The number of carbonyl (C=O) groups is 3. The molecule has 1 aliphatic heterocycles. The molecule has 2 fully saturated rings. The number of amides is 3. The van der Waals surface area contributed by atoms with Gasteiger partial charge in [0.2, 0.25) is 17.7 Å². The third-order valence-electron chi connectivity index (χ3n) is 9.22. The van der Waals surface area contributed by atoms with Crippen molar-refractivity contribution in [2.75, 3.05) is 6.54 Å². The van der Waals surface area contributed by atoms with Gasteiger partial charge in [-0.2, -0.15) is 10.5 Å². The van der Waals surface area contributed by atoms with E-state index in [9.17, 15) is 19.6 Å². The highest BCUT2D eigenvalue weighted by atomic mass is 16.2. The molecule has 1 aromatic heterocycles. The van der Waals surface area contributed by atoms with Crippen LogP contribution in [0, 0.1) is 17.2 Å². The van der Waals surface area contributed by atoms with Crippen molar-refractivity contribution in [2.24, 2.45) is 17.4 Å². The average molecular weight is 568 g/mol. The number of piperidine rings is 1.